The molecule has 3 rings (SSSR count). The van der Waals surface area contributed by atoms with E-state index in [9.17, 15) is 8.42 Å². The summed E-state index contributed by atoms with van der Waals surface area (Å²) in [5.41, 5.74) is 0.791. The van der Waals surface area contributed by atoms with Gasteiger partial charge in [0.05, 0.1) is 11.4 Å². The fourth-order valence-corrected chi connectivity index (χ4v) is 4.98. The van der Waals surface area contributed by atoms with E-state index < -0.39 is 9.84 Å². The van der Waals surface area contributed by atoms with Crippen LogP contribution >= 0.6 is 0 Å². The van der Waals surface area contributed by atoms with Crippen LogP contribution in [0.5, 0.6) is 0 Å². The summed E-state index contributed by atoms with van der Waals surface area (Å²) in [7, 11) is -2.97. The maximum Gasteiger partial charge on any atom is 0.158 e. The lowest BCUT2D eigenvalue weighted by molar-refractivity contribution is 0.394. The molecule has 5 heteroatoms. The molecule has 2 atom stereocenters. The summed E-state index contributed by atoms with van der Waals surface area (Å²) in [6.07, 6.45) is 6.68. The van der Waals surface area contributed by atoms with Crippen molar-refractivity contribution in [2.24, 2.45) is 5.92 Å². The second kappa shape index (κ2) is 4.37. The molecule has 4 nitrogen and oxygen atoms in total. The van der Waals surface area contributed by atoms with Crippen molar-refractivity contribution >= 4 is 9.84 Å². The minimum atomic E-state index is -2.97. The molecule has 1 aromatic heterocycles. The van der Waals surface area contributed by atoms with Crippen LogP contribution in [-0.4, -0.2) is 23.7 Å². The Bertz CT molecular complexity index is 547. The third kappa shape index (κ3) is 2.09. The van der Waals surface area contributed by atoms with Crippen molar-refractivity contribution in [3.8, 4) is 0 Å². The Morgan fingerprint density at radius 3 is 2.94 bits per heavy atom. The van der Waals surface area contributed by atoms with E-state index in [0.717, 1.165) is 50.2 Å². The molecule has 2 aliphatic heterocycles. The first-order valence-corrected chi connectivity index (χ1v) is 8.55. The predicted octanol–water partition coefficient (Wildman–Crippen LogP) is 2.11. The number of sulfone groups is 1. The van der Waals surface area contributed by atoms with Gasteiger partial charge in [-0.25, -0.2) is 13.4 Å². The van der Waals surface area contributed by atoms with Crippen LogP contribution in [0.3, 0.4) is 0 Å². The van der Waals surface area contributed by atoms with Crippen LogP contribution in [0.2, 0.25) is 0 Å². The molecule has 0 aliphatic carbocycles. The van der Waals surface area contributed by atoms with E-state index in [-0.39, 0.29) is 5.25 Å². The number of nitrogens with zero attached hydrogens (tertiary/aromatic N) is 2. The van der Waals surface area contributed by atoms with Gasteiger partial charge in [-0.15, -0.1) is 0 Å². The third-order valence-electron chi connectivity index (χ3n) is 4.16. The summed E-state index contributed by atoms with van der Waals surface area (Å²) in [6.45, 7) is 3.22. The van der Waals surface area contributed by atoms with Gasteiger partial charge < -0.3 is 4.57 Å². The first kappa shape index (κ1) is 12.2. The Balaban J connectivity index is 1.93. The minimum absolute atomic E-state index is 0.330. The Morgan fingerprint density at radius 2 is 2.17 bits per heavy atom. The van der Waals surface area contributed by atoms with Crippen LogP contribution in [-0.2, 0) is 22.8 Å². The highest BCUT2D eigenvalue weighted by molar-refractivity contribution is 7.91. The van der Waals surface area contributed by atoms with Gasteiger partial charge in [0.15, 0.2) is 9.84 Å². The predicted molar refractivity (Wildman–Crippen MR) is 70.1 cm³/mol. The molecular formula is C13H20N2O2S. The Morgan fingerprint density at radius 1 is 1.33 bits per heavy atom. The molecule has 0 saturated carbocycles. The smallest absolute Gasteiger partial charge is 0.158 e. The van der Waals surface area contributed by atoms with Crippen LogP contribution in [0, 0.1) is 5.92 Å². The Kier molecular flexibility index (Phi) is 2.96. The van der Waals surface area contributed by atoms with E-state index in [4.69, 9.17) is 0 Å². The summed E-state index contributed by atoms with van der Waals surface area (Å²) in [5, 5.41) is -0.348. The number of rotatable bonds is 1. The average Bonchev–Trinajstić information content (AvgIpc) is 2.70. The highest BCUT2D eigenvalue weighted by Crippen LogP contribution is 2.33. The van der Waals surface area contributed by atoms with Crippen molar-refractivity contribution < 1.29 is 8.42 Å². The maximum atomic E-state index is 12.1. The second-order valence-corrected chi connectivity index (χ2v) is 8.03. The van der Waals surface area contributed by atoms with Gasteiger partial charge in [-0.3, -0.25) is 0 Å². The topological polar surface area (TPSA) is 52.0 Å². The molecule has 2 unspecified atom stereocenters. The minimum Gasteiger partial charge on any atom is -0.334 e. The van der Waals surface area contributed by atoms with Crippen LogP contribution in [0.1, 0.15) is 49.4 Å². The standard InChI is InChI=1S/C13H20N2O2S/c1-10-5-6-13-14-11(9-15(13)8-10)12-4-2-3-7-18(12,16)17/h9-10,12H,2-8H2,1H3. The number of aromatic nitrogens is 2. The molecule has 18 heavy (non-hydrogen) atoms. The zero-order chi connectivity index (χ0) is 12.8. The number of aryl methyl sites for hydroxylation is 1. The molecule has 100 valence electrons. The van der Waals surface area contributed by atoms with Gasteiger partial charge in [0.1, 0.15) is 11.1 Å². The Labute approximate surface area is 108 Å². The maximum absolute atomic E-state index is 12.1. The van der Waals surface area contributed by atoms with E-state index in [1.807, 2.05) is 6.20 Å². The number of fused-ring (bicyclic) bond motifs is 1. The lowest BCUT2D eigenvalue weighted by atomic mass is 10.0. The molecule has 3 heterocycles. The summed E-state index contributed by atoms with van der Waals surface area (Å²) in [5.74, 6) is 2.07. The van der Waals surface area contributed by atoms with Crippen molar-refractivity contribution in [3.05, 3.63) is 17.7 Å². The van der Waals surface area contributed by atoms with E-state index >= 15 is 0 Å². The molecule has 0 N–H and O–H groups in total. The molecule has 0 aromatic carbocycles. The van der Waals surface area contributed by atoms with E-state index in [1.54, 1.807) is 0 Å². The monoisotopic (exact) mass is 268 g/mol. The van der Waals surface area contributed by atoms with Crippen LogP contribution in [0.4, 0.5) is 0 Å². The molecule has 1 saturated heterocycles. The molecule has 2 aliphatic rings. The van der Waals surface area contributed by atoms with E-state index in [1.165, 1.54) is 0 Å². The number of hydrogen-bond acceptors (Lipinski definition) is 3. The molecule has 0 amide bonds. The quantitative estimate of drug-likeness (QED) is 0.784. The number of hydrogen-bond donors (Lipinski definition) is 0. The zero-order valence-electron chi connectivity index (χ0n) is 10.8. The van der Waals surface area contributed by atoms with Crippen LogP contribution in [0.25, 0.3) is 0 Å². The fourth-order valence-electron chi connectivity index (χ4n) is 3.08. The summed E-state index contributed by atoms with van der Waals surface area (Å²) < 4.78 is 26.4. The molecule has 0 radical (unpaired) electrons. The average molecular weight is 268 g/mol. The van der Waals surface area contributed by atoms with Crippen LogP contribution in [0.15, 0.2) is 6.20 Å². The van der Waals surface area contributed by atoms with Gasteiger partial charge in [0.2, 0.25) is 0 Å². The first-order chi connectivity index (χ1) is 8.56. The summed E-state index contributed by atoms with van der Waals surface area (Å²) in [4.78, 5) is 4.59. The highest BCUT2D eigenvalue weighted by atomic mass is 32.2. The lowest BCUT2D eigenvalue weighted by Crippen LogP contribution is -2.21. The molecular weight excluding hydrogens is 248 g/mol. The Hall–Kier alpha value is -0.840. The van der Waals surface area contributed by atoms with E-state index in [2.05, 4.69) is 16.5 Å². The zero-order valence-corrected chi connectivity index (χ0v) is 11.6. The van der Waals surface area contributed by atoms with Gasteiger partial charge in [-0.05, 0) is 25.2 Å². The van der Waals surface area contributed by atoms with Gasteiger partial charge in [-0.1, -0.05) is 13.3 Å². The largest absolute Gasteiger partial charge is 0.334 e. The number of imidazole rings is 1. The van der Waals surface area contributed by atoms with Gasteiger partial charge in [0, 0.05) is 19.2 Å². The van der Waals surface area contributed by atoms with Crippen molar-refractivity contribution in [2.45, 2.75) is 50.8 Å². The van der Waals surface area contributed by atoms with Crippen molar-refractivity contribution in [1.29, 1.82) is 0 Å². The van der Waals surface area contributed by atoms with E-state index in [0.29, 0.717) is 11.7 Å². The summed E-state index contributed by atoms with van der Waals surface area (Å²) >= 11 is 0. The lowest BCUT2D eigenvalue weighted by Gasteiger charge is -2.20. The molecule has 1 fully saturated rings. The molecule has 0 spiro atoms. The van der Waals surface area contributed by atoms with Gasteiger partial charge in [-0.2, -0.15) is 0 Å². The third-order valence-corrected chi connectivity index (χ3v) is 6.36. The van der Waals surface area contributed by atoms with Gasteiger partial charge in [0.25, 0.3) is 0 Å². The SMILES string of the molecule is CC1CCc2nc(C3CCCCS3(=O)=O)cn2C1. The fraction of sp³-hybridized carbons (Fsp3) is 0.769. The van der Waals surface area contributed by atoms with Crippen LogP contribution < -0.4 is 0 Å². The second-order valence-electron chi connectivity index (χ2n) is 5.73. The molecule has 1 aromatic rings. The normalized spacial score (nSPS) is 30.9. The molecule has 0 bridgehead atoms. The van der Waals surface area contributed by atoms with Crippen molar-refractivity contribution in [2.75, 3.05) is 5.75 Å². The van der Waals surface area contributed by atoms with Crippen molar-refractivity contribution in [3.63, 3.8) is 0 Å². The summed E-state index contributed by atoms with van der Waals surface area (Å²) in [6, 6.07) is 0. The first-order valence-electron chi connectivity index (χ1n) is 6.84. The highest BCUT2D eigenvalue weighted by Gasteiger charge is 2.33. The van der Waals surface area contributed by atoms with Gasteiger partial charge >= 0.3 is 0 Å². The van der Waals surface area contributed by atoms with Crippen molar-refractivity contribution in [1.82, 2.24) is 9.55 Å².